The highest BCUT2D eigenvalue weighted by molar-refractivity contribution is 7.99. The summed E-state index contributed by atoms with van der Waals surface area (Å²) in [5.74, 6) is 4.71. The molecule has 0 saturated carbocycles. The van der Waals surface area contributed by atoms with Crippen LogP contribution < -0.4 is 0 Å². The Morgan fingerprint density at radius 3 is 2.69 bits per heavy atom. The second-order valence-electron chi connectivity index (χ2n) is 4.65. The average molecular weight is 260 g/mol. The lowest BCUT2D eigenvalue weighted by molar-refractivity contribution is 0.406. The van der Waals surface area contributed by atoms with Crippen LogP contribution in [0.2, 0.25) is 5.28 Å². The Hall–Kier alpha value is -0.220. The van der Waals surface area contributed by atoms with Crippen molar-refractivity contribution >= 4 is 23.4 Å². The van der Waals surface area contributed by atoms with E-state index in [4.69, 9.17) is 11.6 Å². The number of hydrogen-bond acceptors (Lipinski definition) is 3. The molecule has 90 valence electrons. The van der Waals surface area contributed by atoms with Crippen molar-refractivity contribution in [3.63, 3.8) is 0 Å². The molecule has 16 heavy (non-hydrogen) atoms. The number of halogens is 1. The van der Waals surface area contributed by atoms with Crippen LogP contribution in [0.1, 0.15) is 38.4 Å². The third-order valence-corrected chi connectivity index (χ3v) is 4.36. The maximum atomic E-state index is 6.09. The Bertz CT molecular complexity index is 345. The van der Waals surface area contributed by atoms with Gasteiger partial charge in [0.2, 0.25) is 5.28 Å². The lowest BCUT2D eigenvalue weighted by atomic mass is 10.0. The number of aromatic nitrogens is 3. The minimum Gasteiger partial charge on any atom is -0.301 e. The summed E-state index contributed by atoms with van der Waals surface area (Å²) in [6.07, 6.45) is 2.58. The molecule has 0 radical (unpaired) electrons. The maximum absolute atomic E-state index is 6.09. The molecule has 0 amide bonds. The minimum atomic E-state index is 0.387. The summed E-state index contributed by atoms with van der Waals surface area (Å²) in [5.41, 5.74) is 0. The molecule has 1 aromatic heterocycles. The first-order valence-corrected chi connectivity index (χ1v) is 7.38. The molecule has 0 N–H and O–H groups in total. The fourth-order valence-corrected chi connectivity index (χ4v) is 3.48. The molecular formula is C11H18ClN3S. The third kappa shape index (κ3) is 2.72. The summed E-state index contributed by atoms with van der Waals surface area (Å²) in [4.78, 5) is 0. The van der Waals surface area contributed by atoms with Crippen molar-refractivity contribution < 1.29 is 0 Å². The van der Waals surface area contributed by atoms with E-state index < -0.39 is 0 Å². The van der Waals surface area contributed by atoms with E-state index in [0.717, 1.165) is 18.3 Å². The minimum absolute atomic E-state index is 0.387. The fraction of sp³-hybridized carbons (Fsp3) is 0.818. The van der Waals surface area contributed by atoms with E-state index in [2.05, 4.69) is 40.4 Å². The molecule has 1 aromatic rings. The largest absolute Gasteiger partial charge is 0.301 e. The quantitative estimate of drug-likeness (QED) is 0.835. The van der Waals surface area contributed by atoms with Gasteiger partial charge in [-0.3, -0.25) is 0 Å². The Labute approximate surface area is 106 Å². The Morgan fingerprint density at radius 1 is 1.38 bits per heavy atom. The SMILES string of the molecule is CC(C)c1nnc(Cl)n1CC1CCSCC1. The van der Waals surface area contributed by atoms with Gasteiger partial charge in [-0.1, -0.05) is 13.8 Å². The molecule has 0 atom stereocenters. The second-order valence-corrected chi connectivity index (χ2v) is 6.21. The van der Waals surface area contributed by atoms with Crippen molar-refractivity contribution in [2.75, 3.05) is 11.5 Å². The topological polar surface area (TPSA) is 30.7 Å². The summed E-state index contributed by atoms with van der Waals surface area (Å²) >= 11 is 8.14. The molecule has 2 heterocycles. The monoisotopic (exact) mass is 259 g/mol. The van der Waals surface area contributed by atoms with Gasteiger partial charge in [0.25, 0.3) is 0 Å². The van der Waals surface area contributed by atoms with Crippen LogP contribution in [0, 0.1) is 5.92 Å². The van der Waals surface area contributed by atoms with Crippen molar-refractivity contribution in [2.24, 2.45) is 5.92 Å². The van der Waals surface area contributed by atoms with E-state index in [1.165, 1.54) is 24.3 Å². The van der Waals surface area contributed by atoms with Crippen LogP contribution in [0.5, 0.6) is 0 Å². The van der Waals surface area contributed by atoms with Crippen LogP contribution in [0.4, 0.5) is 0 Å². The zero-order chi connectivity index (χ0) is 11.5. The number of nitrogens with zero attached hydrogens (tertiary/aromatic N) is 3. The van der Waals surface area contributed by atoms with Crippen molar-refractivity contribution in [3.8, 4) is 0 Å². The molecule has 0 spiro atoms. The second kappa shape index (κ2) is 5.41. The van der Waals surface area contributed by atoms with E-state index in [-0.39, 0.29) is 0 Å². The standard InChI is InChI=1S/C11H18ClN3S/c1-8(2)10-13-14-11(12)15(10)7-9-3-5-16-6-4-9/h8-9H,3-7H2,1-2H3. The van der Waals surface area contributed by atoms with Crippen molar-refractivity contribution in [3.05, 3.63) is 11.1 Å². The average Bonchev–Trinajstić information content (AvgIpc) is 2.62. The van der Waals surface area contributed by atoms with Gasteiger partial charge in [0.1, 0.15) is 5.82 Å². The van der Waals surface area contributed by atoms with Crippen molar-refractivity contribution in [2.45, 2.75) is 39.2 Å². The van der Waals surface area contributed by atoms with Gasteiger partial charge in [0.15, 0.2) is 0 Å². The molecule has 1 saturated heterocycles. The lowest BCUT2D eigenvalue weighted by Gasteiger charge is -2.22. The Morgan fingerprint density at radius 2 is 2.06 bits per heavy atom. The van der Waals surface area contributed by atoms with Crippen LogP contribution in [-0.4, -0.2) is 26.3 Å². The molecule has 0 aromatic carbocycles. The third-order valence-electron chi connectivity index (χ3n) is 3.03. The first-order chi connectivity index (χ1) is 7.68. The molecule has 2 rings (SSSR count). The van der Waals surface area contributed by atoms with Gasteiger partial charge < -0.3 is 4.57 Å². The van der Waals surface area contributed by atoms with Gasteiger partial charge >= 0.3 is 0 Å². The molecule has 1 aliphatic rings. The molecular weight excluding hydrogens is 242 g/mol. The molecule has 1 aliphatic heterocycles. The number of rotatable bonds is 3. The van der Waals surface area contributed by atoms with Crippen LogP contribution in [0.25, 0.3) is 0 Å². The normalized spacial score (nSPS) is 18.2. The van der Waals surface area contributed by atoms with Crippen molar-refractivity contribution in [1.29, 1.82) is 0 Å². The predicted molar refractivity (Wildman–Crippen MR) is 69.2 cm³/mol. The molecule has 0 bridgehead atoms. The van der Waals surface area contributed by atoms with Gasteiger partial charge in [0, 0.05) is 12.5 Å². The van der Waals surface area contributed by atoms with E-state index in [0.29, 0.717) is 11.2 Å². The van der Waals surface area contributed by atoms with E-state index in [9.17, 15) is 0 Å². The predicted octanol–water partition coefficient (Wildman–Crippen LogP) is 3.20. The highest BCUT2D eigenvalue weighted by Crippen LogP contribution is 2.26. The van der Waals surface area contributed by atoms with Crippen LogP contribution >= 0.6 is 23.4 Å². The molecule has 0 aliphatic carbocycles. The van der Waals surface area contributed by atoms with E-state index in [1.54, 1.807) is 0 Å². The molecule has 3 nitrogen and oxygen atoms in total. The van der Waals surface area contributed by atoms with Crippen LogP contribution in [0.15, 0.2) is 0 Å². The van der Waals surface area contributed by atoms with Gasteiger partial charge in [0.05, 0.1) is 0 Å². The summed E-state index contributed by atoms with van der Waals surface area (Å²) in [7, 11) is 0. The fourth-order valence-electron chi connectivity index (χ4n) is 2.08. The first kappa shape index (κ1) is 12.2. The molecule has 5 heteroatoms. The summed E-state index contributed by atoms with van der Waals surface area (Å²) in [5, 5.41) is 8.68. The zero-order valence-corrected chi connectivity index (χ0v) is 11.4. The summed E-state index contributed by atoms with van der Waals surface area (Å²) in [6, 6.07) is 0. The lowest BCUT2D eigenvalue weighted by Crippen LogP contribution is -2.18. The number of hydrogen-bond donors (Lipinski definition) is 0. The molecule has 0 unspecified atom stereocenters. The highest BCUT2D eigenvalue weighted by atomic mass is 35.5. The zero-order valence-electron chi connectivity index (χ0n) is 9.82. The van der Waals surface area contributed by atoms with Gasteiger partial charge in [-0.05, 0) is 41.9 Å². The maximum Gasteiger partial charge on any atom is 0.225 e. The van der Waals surface area contributed by atoms with Gasteiger partial charge in [-0.15, -0.1) is 10.2 Å². The van der Waals surface area contributed by atoms with Crippen LogP contribution in [-0.2, 0) is 6.54 Å². The summed E-state index contributed by atoms with van der Waals surface area (Å²) < 4.78 is 2.09. The van der Waals surface area contributed by atoms with Gasteiger partial charge in [-0.25, -0.2) is 0 Å². The molecule has 1 fully saturated rings. The highest BCUT2D eigenvalue weighted by Gasteiger charge is 2.19. The van der Waals surface area contributed by atoms with Crippen LogP contribution in [0.3, 0.4) is 0 Å². The smallest absolute Gasteiger partial charge is 0.225 e. The van der Waals surface area contributed by atoms with E-state index >= 15 is 0 Å². The Kier molecular flexibility index (Phi) is 4.14. The number of thioether (sulfide) groups is 1. The Balaban J connectivity index is 2.09. The van der Waals surface area contributed by atoms with E-state index in [1.807, 2.05) is 0 Å². The summed E-state index contributed by atoms with van der Waals surface area (Å²) in [6.45, 7) is 5.25. The first-order valence-electron chi connectivity index (χ1n) is 5.85. The van der Waals surface area contributed by atoms with Gasteiger partial charge in [-0.2, -0.15) is 11.8 Å². The van der Waals surface area contributed by atoms with Crippen molar-refractivity contribution in [1.82, 2.24) is 14.8 Å².